The molecule has 0 heterocycles. The maximum absolute atomic E-state index is 6.08. The van der Waals surface area contributed by atoms with E-state index in [2.05, 4.69) is 15.9 Å². The molecular formula is C10H12BrCl2N. The van der Waals surface area contributed by atoms with Gasteiger partial charge in [0.15, 0.2) is 0 Å². The van der Waals surface area contributed by atoms with Gasteiger partial charge in [-0.25, -0.2) is 0 Å². The SMILES string of the molecule is Cl.NC(c1ccc(Cl)cc1Br)C1CC1. The number of hydrogen-bond acceptors (Lipinski definition) is 1. The van der Waals surface area contributed by atoms with Gasteiger partial charge in [0.25, 0.3) is 0 Å². The lowest BCUT2D eigenvalue weighted by Crippen LogP contribution is -2.12. The van der Waals surface area contributed by atoms with Crippen LogP contribution in [0.4, 0.5) is 0 Å². The lowest BCUT2D eigenvalue weighted by molar-refractivity contribution is 0.631. The number of hydrogen-bond donors (Lipinski definition) is 1. The Labute approximate surface area is 104 Å². The number of halogens is 3. The highest BCUT2D eigenvalue weighted by Gasteiger charge is 2.30. The van der Waals surface area contributed by atoms with E-state index in [1.807, 2.05) is 18.2 Å². The van der Waals surface area contributed by atoms with Crippen molar-refractivity contribution in [2.24, 2.45) is 11.7 Å². The van der Waals surface area contributed by atoms with Gasteiger partial charge in [-0.1, -0.05) is 33.6 Å². The predicted molar refractivity (Wildman–Crippen MR) is 66.1 cm³/mol. The van der Waals surface area contributed by atoms with Crippen molar-refractivity contribution in [3.05, 3.63) is 33.3 Å². The Balaban J connectivity index is 0.000000980. The molecule has 2 N–H and O–H groups in total. The summed E-state index contributed by atoms with van der Waals surface area (Å²) in [4.78, 5) is 0. The molecule has 1 aliphatic rings. The van der Waals surface area contributed by atoms with Gasteiger partial charge in [-0.3, -0.25) is 0 Å². The zero-order chi connectivity index (χ0) is 9.42. The van der Waals surface area contributed by atoms with E-state index in [4.69, 9.17) is 17.3 Å². The minimum Gasteiger partial charge on any atom is -0.324 e. The van der Waals surface area contributed by atoms with E-state index in [-0.39, 0.29) is 18.4 Å². The minimum absolute atomic E-state index is 0. The first-order valence-electron chi connectivity index (χ1n) is 4.39. The smallest absolute Gasteiger partial charge is 0.0417 e. The van der Waals surface area contributed by atoms with Crippen LogP contribution in [0.2, 0.25) is 5.02 Å². The standard InChI is InChI=1S/C10H11BrClN.ClH/c11-9-5-7(12)3-4-8(9)10(13)6-1-2-6;/h3-6,10H,1-2,13H2;1H. The van der Waals surface area contributed by atoms with E-state index in [0.717, 1.165) is 9.50 Å². The highest BCUT2D eigenvalue weighted by Crippen LogP contribution is 2.41. The van der Waals surface area contributed by atoms with Crippen molar-refractivity contribution in [1.82, 2.24) is 0 Å². The van der Waals surface area contributed by atoms with E-state index in [0.29, 0.717) is 5.92 Å². The fourth-order valence-electron chi connectivity index (χ4n) is 1.48. The molecule has 1 aromatic rings. The quantitative estimate of drug-likeness (QED) is 0.879. The first-order chi connectivity index (χ1) is 6.18. The second-order valence-corrected chi connectivity index (χ2v) is 4.82. The van der Waals surface area contributed by atoms with Crippen molar-refractivity contribution >= 4 is 39.9 Å². The summed E-state index contributed by atoms with van der Waals surface area (Å²) in [6.07, 6.45) is 2.52. The van der Waals surface area contributed by atoms with Crippen LogP contribution in [0.3, 0.4) is 0 Å². The van der Waals surface area contributed by atoms with Crippen LogP contribution in [0.25, 0.3) is 0 Å². The van der Waals surface area contributed by atoms with E-state index >= 15 is 0 Å². The molecule has 0 bridgehead atoms. The van der Waals surface area contributed by atoms with Crippen molar-refractivity contribution in [2.75, 3.05) is 0 Å². The van der Waals surface area contributed by atoms with Gasteiger partial charge in [-0.05, 0) is 36.5 Å². The van der Waals surface area contributed by atoms with Crippen LogP contribution < -0.4 is 5.73 Å². The molecule has 1 saturated carbocycles. The summed E-state index contributed by atoms with van der Waals surface area (Å²) in [6, 6.07) is 5.98. The Hall–Kier alpha value is 0.240. The number of benzene rings is 1. The molecule has 1 aromatic carbocycles. The number of nitrogens with two attached hydrogens (primary N) is 1. The van der Waals surface area contributed by atoms with E-state index in [9.17, 15) is 0 Å². The van der Waals surface area contributed by atoms with Crippen molar-refractivity contribution < 1.29 is 0 Å². The average molecular weight is 297 g/mol. The molecule has 0 amide bonds. The summed E-state index contributed by atoms with van der Waals surface area (Å²) in [5.41, 5.74) is 7.25. The molecule has 0 aromatic heterocycles. The molecule has 0 radical (unpaired) electrons. The first kappa shape index (κ1) is 12.3. The fraction of sp³-hybridized carbons (Fsp3) is 0.400. The van der Waals surface area contributed by atoms with Gasteiger partial charge < -0.3 is 5.73 Å². The summed E-state index contributed by atoms with van der Waals surface area (Å²) in [6.45, 7) is 0. The van der Waals surface area contributed by atoms with E-state index < -0.39 is 0 Å². The predicted octanol–water partition coefficient (Wildman–Crippen LogP) is 3.93. The first-order valence-corrected chi connectivity index (χ1v) is 5.56. The van der Waals surface area contributed by atoms with Crippen molar-refractivity contribution in [2.45, 2.75) is 18.9 Å². The fourth-order valence-corrected chi connectivity index (χ4v) is 2.43. The molecule has 78 valence electrons. The van der Waals surface area contributed by atoms with Crippen LogP contribution in [0.1, 0.15) is 24.4 Å². The molecule has 0 aliphatic heterocycles. The largest absolute Gasteiger partial charge is 0.324 e. The summed E-state index contributed by atoms with van der Waals surface area (Å²) in [5.74, 6) is 0.678. The van der Waals surface area contributed by atoms with Crippen molar-refractivity contribution in [3.8, 4) is 0 Å². The normalized spacial score (nSPS) is 17.4. The molecule has 4 heteroatoms. The third kappa shape index (κ3) is 2.63. The Bertz CT molecular complexity index is 326. The molecule has 0 saturated heterocycles. The van der Waals surface area contributed by atoms with Gasteiger partial charge in [0.2, 0.25) is 0 Å². The molecule has 1 nitrogen and oxygen atoms in total. The zero-order valence-electron chi connectivity index (χ0n) is 7.54. The maximum atomic E-state index is 6.08. The van der Waals surface area contributed by atoms with Gasteiger partial charge in [0.1, 0.15) is 0 Å². The van der Waals surface area contributed by atoms with Crippen molar-refractivity contribution in [3.63, 3.8) is 0 Å². The van der Waals surface area contributed by atoms with Gasteiger partial charge in [-0.15, -0.1) is 12.4 Å². The molecule has 1 atom stereocenters. The van der Waals surface area contributed by atoms with E-state index in [1.165, 1.54) is 18.4 Å². The van der Waals surface area contributed by atoms with Crippen LogP contribution in [0, 0.1) is 5.92 Å². The van der Waals surface area contributed by atoms with Gasteiger partial charge >= 0.3 is 0 Å². The molecule has 14 heavy (non-hydrogen) atoms. The molecule has 1 aliphatic carbocycles. The van der Waals surface area contributed by atoms with Crippen LogP contribution in [0.15, 0.2) is 22.7 Å². The van der Waals surface area contributed by atoms with Gasteiger partial charge in [0.05, 0.1) is 0 Å². The summed E-state index contributed by atoms with van der Waals surface area (Å²) >= 11 is 9.33. The van der Waals surface area contributed by atoms with Crippen molar-refractivity contribution in [1.29, 1.82) is 0 Å². The average Bonchev–Trinajstić information content (AvgIpc) is 2.85. The highest BCUT2D eigenvalue weighted by atomic mass is 79.9. The Morgan fingerprint density at radius 1 is 1.43 bits per heavy atom. The molecule has 0 spiro atoms. The monoisotopic (exact) mass is 295 g/mol. The third-order valence-electron chi connectivity index (χ3n) is 2.45. The van der Waals surface area contributed by atoms with E-state index in [1.54, 1.807) is 0 Å². The zero-order valence-corrected chi connectivity index (χ0v) is 10.7. The van der Waals surface area contributed by atoms with Gasteiger partial charge in [-0.2, -0.15) is 0 Å². The van der Waals surface area contributed by atoms with Crippen LogP contribution in [-0.4, -0.2) is 0 Å². The number of rotatable bonds is 2. The lowest BCUT2D eigenvalue weighted by Gasteiger charge is -2.12. The summed E-state index contributed by atoms with van der Waals surface area (Å²) < 4.78 is 1.03. The maximum Gasteiger partial charge on any atom is 0.0417 e. The van der Waals surface area contributed by atoms with Crippen LogP contribution in [-0.2, 0) is 0 Å². The Morgan fingerprint density at radius 3 is 2.57 bits per heavy atom. The van der Waals surface area contributed by atoms with Gasteiger partial charge in [0, 0.05) is 15.5 Å². The second-order valence-electron chi connectivity index (χ2n) is 3.53. The third-order valence-corrected chi connectivity index (χ3v) is 3.37. The Kier molecular flexibility index (Phi) is 4.26. The topological polar surface area (TPSA) is 26.0 Å². The molecule has 2 rings (SSSR count). The van der Waals surface area contributed by atoms with Crippen LogP contribution in [0.5, 0.6) is 0 Å². The van der Waals surface area contributed by atoms with Crippen LogP contribution >= 0.6 is 39.9 Å². The second kappa shape index (κ2) is 4.84. The molecular weight excluding hydrogens is 285 g/mol. The molecule has 1 fully saturated rings. The minimum atomic E-state index is 0. The summed E-state index contributed by atoms with van der Waals surface area (Å²) in [7, 11) is 0. The summed E-state index contributed by atoms with van der Waals surface area (Å²) in [5, 5.41) is 0.749. The highest BCUT2D eigenvalue weighted by molar-refractivity contribution is 9.10. The molecule has 1 unspecified atom stereocenters. The lowest BCUT2D eigenvalue weighted by atomic mass is 10.0. The Morgan fingerprint density at radius 2 is 2.07 bits per heavy atom.